The molecule has 0 saturated carbocycles. The van der Waals surface area contributed by atoms with Crippen LogP contribution in [0.4, 0.5) is 5.69 Å². The molecular weight excluding hydrogens is 312 g/mol. The Kier molecular flexibility index (Phi) is 3.74. The molecule has 0 aliphatic rings. The Morgan fingerprint density at radius 2 is 1.88 bits per heavy atom. The van der Waals surface area contributed by atoms with Gasteiger partial charge in [0, 0.05) is 34.9 Å². The van der Waals surface area contributed by atoms with Gasteiger partial charge < -0.3 is 5.32 Å². The third-order valence-electron chi connectivity index (χ3n) is 4.07. The molecule has 2 aromatic carbocycles. The average Bonchev–Trinajstić information content (AvgIpc) is 3.00. The van der Waals surface area contributed by atoms with Gasteiger partial charge in [-0.05, 0) is 37.3 Å². The summed E-state index contributed by atoms with van der Waals surface area (Å²) < 4.78 is 1.95. The minimum absolute atomic E-state index is 0.133. The quantitative estimate of drug-likeness (QED) is 0.619. The van der Waals surface area contributed by atoms with Crippen LogP contribution in [0.25, 0.3) is 17.0 Å². The molecule has 5 heteroatoms. The second kappa shape index (κ2) is 6.20. The highest BCUT2D eigenvalue weighted by atomic mass is 16.1. The van der Waals surface area contributed by atoms with Gasteiger partial charge in [-0.25, -0.2) is 9.97 Å². The van der Waals surface area contributed by atoms with E-state index in [-0.39, 0.29) is 5.91 Å². The van der Waals surface area contributed by atoms with Crippen molar-refractivity contribution in [2.75, 3.05) is 5.32 Å². The van der Waals surface area contributed by atoms with E-state index in [4.69, 9.17) is 0 Å². The van der Waals surface area contributed by atoms with Crippen molar-refractivity contribution in [3.8, 4) is 11.3 Å². The van der Waals surface area contributed by atoms with E-state index in [1.807, 2.05) is 66.1 Å². The Hall–Kier alpha value is -3.47. The lowest BCUT2D eigenvalue weighted by molar-refractivity contribution is 0.102. The largest absolute Gasteiger partial charge is 0.322 e. The lowest BCUT2D eigenvalue weighted by Crippen LogP contribution is -2.11. The number of aryl methyl sites for hydroxylation is 1. The van der Waals surface area contributed by atoms with Crippen LogP contribution in [0.15, 0.2) is 73.1 Å². The molecule has 1 N–H and O–H groups in total. The summed E-state index contributed by atoms with van der Waals surface area (Å²) >= 11 is 0. The summed E-state index contributed by atoms with van der Waals surface area (Å²) in [6.45, 7) is 2.01. The fourth-order valence-corrected chi connectivity index (χ4v) is 2.81. The maximum absolute atomic E-state index is 12.3. The number of rotatable bonds is 3. The topological polar surface area (TPSA) is 59.3 Å². The van der Waals surface area contributed by atoms with Gasteiger partial charge in [-0.15, -0.1) is 0 Å². The van der Waals surface area contributed by atoms with Crippen molar-refractivity contribution in [2.24, 2.45) is 0 Å². The van der Waals surface area contributed by atoms with E-state index in [2.05, 4.69) is 15.3 Å². The maximum Gasteiger partial charge on any atom is 0.255 e. The van der Waals surface area contributed by atoms with Crippen LogP contribution in [0, 0.1) is 6.92 Å². The Morgan fingerprint density at radius 1 is 1.04 bits per heavy atom. The number of aromatic nitrogens is 3. The predicted molar refractivity (Wildman–Crippen MR) is 97.6 cm³/mol. The van der Waals surface area contributed by atoms with Gasteiger partial charge in [0.1, 0.15) is 0 Å². The van der Waals surface area contributed by atoms with Crippen molar-refractivity contribution in [1.82, 2.24) is 14.4 Å². The highest BCUT2D eigenvalue weighted by Crippen LogP contribution is 2.25. The van der Waals surface area contributed by atoms with Crippen molar-refractivity contribution in [2.45, 2.75) is 6.92 Å². The Balaban J connectivity index is 1.67. The van der Waals surface area contributed by atoms with E-state index in [1.165, 1.54) is 0 Å². The number of hydrogen-bond acceptors (Lipinski definition) is 3. The van der Waals surface area contributed by atoms with Crippen LogP contribution in [0.1, 0.15) is 16.1 Å². The summed E-state index contributed by atoms with van der Waals surface area (Å²) in [5, 5.41) is 2.93. The van der Waals surface area contributed by atoms with Gasteiger partial charge in [0.25, 0.3) is 5.91 Å². The molecule has 0 fully saturated rings. The fourth-order valence-electron chi connectivity index (χ4n) is 2.81. The summed E-state index contributed by atoms with van der Waals surface area (Å²) in [5.41, 5.74) is 4.16. The van der Waals surface area contributed by atoms with Crippen LogP contribution < -0.4 is 5.32 Å². The summed E-state index contributed by atoms with van der Waals surface area (Å²) in [6.07, 6.45) is 3.66. The van der Waals surface area contributed by atoms with Gasteiger partial charge in [0.05, 0.1) is 5.69 Å². The zero-order valence-corrected chi connectivity index (χ0v) is 13.7. The van der Waals surface area contributed by atoms with Gasteiger partial charge in [0.2, 0.25) is 5.78 Å². The van der Waals surface area contributed by atoms with E-state index in [0.717, 1.165) is 22.6 Å². The molecule has 0 spiro atoms. The first-order valence-corrected chi connectivity index (χ1v) is 7.99. The molecule has 2 aromatic heterocycles. The fraction of sp³-hybridized carbons (Fsp3) is 0.0500. The van der Waals surface area contributed by atoms with Gasteiger partial charge >= 0.3 is 0 Å². The van der Waals surface area contributed by atoms with E-state index in [1.54, 1.807) is 18.3 Å². The first kappa shape index (κ1) is 15.1. The molecule has 25 heavy (non-hydrogen) atoms. The number of benzene rings is 2. The minimum atomic E-state index is -0.133. The number of carbonyl (C=O) groups excluding carboxylic acids is 1. The number of fused-ring (bicyclic) bond motifs is 1. The lowest BCUT2D eigenvalue weighted by atomic mass is 10.1. The highest BCUT2D eigenvalue weighted by Gasteiger charge is 2.12. The van der Waals surface area contributed by atoms with E-state index in [9.17, 15) is 4.79 Å². The molecule has 0 saturated heterocycles. The molecule has 0 aliphatic heterocycles. The summed E-state index contributed by atoms with van der Waals surface area (Å²) in [5.74, 6) is 0.528. The zero-order valence-electron chi connectivity index (χ0n) is 13.7. The lowest BCUT2D eigenvalue weighted by Gasteiger charge is -2.07. The van der Waals surface area contributed by atoms with E-state index >= 15 is 0 Å². The summed E-state index contributed by atoms with van der Waals surface area (Å²) in [4.78, 5) is 21.2. The molecule has 4 aromatic rings. The molecular formula is C20H16N4O. The predicted octanol–water partition coefficient (Wildman–Crippen LogP) is 3.96. The average molecular weight is 328 g/mol. The van der Waals surface area contributed by atoms with Gasteiger partial charge in [0.15, 0.2) is 0 Å². The van der Waals surface area contributed by atoms with Gasteiger partial charge in [-0.3, -0.25) is 9.20 Å². The number of nitrogens with zero attached hydrogens (tertiary/aromatic N) is 3. The molecule has 5 nitrogen and oxygen atoms in total. The van der Waals surface area contributed by atoms with Crippen LogP contribution in [0.2, 0.25) is 0 Å². The number of anilines is 1. The molecule has 0 bridgehead atoms. The molecule has 0 atom stereocenters. The molecule has 0 radical (unpaired) electrons. The Morgan fingerprint density at radius 3 is 2.68 bits per heavy atom. The summed E-state index contributed by atoms with van der Waals surface area (Å²) in [7, 11) is 0. The molecule has 0 unspecified atom stereocenters. The van der Waals surface area contributed by atoms with Crippen molar-refractivity contribution >= 4 is 17.4 Å². The third-order valence-corrected chi connectivity index (χ3v) is 4.07. The second-order valence-electron chi connectivity index (χ2n) is 5.74. The number of hydrogen-bond donors (Lipinski definition) is 1. The number of amides is 1. The van der Waals surface area contributed by atoms with Crippen molar-refractivity contribution in [1.29, 1.82) is 0 Å². The first-order valence-electron chi connectivity index (χ1n) is 7.99. The molecule has 2 heterocycles. The van der Waals surface area contributed by atoms with Gasteiger partial charge in [-0.1, -0.05) is 30.3 Å². The van der Waals surface area contributed by atoms with Crippen LogP contribution in [0.3, 0.4) is 0 Å². The first-order chi connectivity index (χ1) is 12.2. The third kappa shape index (κ3) is 2.87. The van der Waals surface area contributed by atoms with Crippen LogP contribution in [0.5, 0.6) is 0 Å². The number of imidazole rings is 1. The van der Waals surface area contributed by atoms with Crippen molar-refractivity contribution in [3.63, 3.8) is 0 Å². The van der Waals surface area contributed by atoms with Crippen LogP contribution in [-0.4, -0.2) is 20.3 Å². The second-order valence-corrected chi connectivity index (χ2v) is 5.74. The van der Waals surface area contributed by atoms with E-state index < -0.39 is 0 Å². The molecule has 1 amide bonds. The maximum atomic E-state index is 12.3. The number of nitrogens with one attached hydrogen (secondary N) is 1. The SMILES string of the molecule is Cc1c(-c2cccc(NC(=O)c3ccccc3)c2)nc2ncccn12. The molecule has 0 aliphatic carbocycles. The highest BCUT2D eigenvalue weighted by molar-refractivity contribution is 6.04. The zero-order chi connectivity index (χ0) is 17.2. The smallest absolute Gasteiger partial charge is 0.255 e. The monoisotopic (exact) mass is 328 g/mol. The standard InChI is InChI=1S/C20H16N4O/c1-14-18(23-20-21-11-6-12-24(14)20)16-9-5-10-17(13-16)22-19(25)15-7-3-2-4-8-15/h2-13H,1H3,(H,22,25). The Labute approximate surface area is 145 Å². The molecule has 122 valence electrons. The van der Waals surface area contributed by atoms with Gasteiger partial charge in [-0.2, -0.15) is 0 Å². The summed E-state index contributed by atoms with van der Waals surface area (Å²) in [6, 6.07) is 18.7. The normalized spacial score (nSPS) is 10.8. The molecule has 4 rings (SSSR count). The van der Waals surface area contributed by atoms with Crippen molar-refractivity contribution < 1.29 is 4.79 Å². The van der Waals surface area contributed by atoms with E-state index in [0.29, 0.717) is 11.3 Å². The van der Waals surface area contributed by atoms with Crippen molar-refractivity contribution in [3.05, 3.63) is 84.3 Å². The minimum Gasteiger partial charge on any atom is -0.322 e. The number of carbonyl (C=O) groups is 1. The Bertz CT molecular complexity index is 1050. The van der Waals surface area contributed by atoms with Crippen LogP contribution in [-0.2, 0) is 0 Å². The van der Waals surface area contributed by atoms with Crippen LogP contribution >= 0.6 is 0 Å².